The van der Waals surface area contributed by atoms with Crippen LogP contribution < -0.4 is 0 Å². The molecule has 1 heterocycles. The molecule has 0 bridgehead atoms. The Balaban J connectivity index is 2.56. The third kappa shape index (κ3) is 2.86. The molecule has 0 N–H and O–H groups in total. The molecule has 0 radical (unpaired) electrons. The average Bonchev–Trinajstić information content (AvgIpc) is 2.66. The molecule has 3 nitrogen and oxygen atoms in total. The first-order chi connectivity index (χ1) is 6.77. The Labute approximate surface area is 87.6 Å². The van der Waals surface area contributed by atoms with Crippen molar-refractivity contribution in [2.45, 2.75) is 19.9 Å². The summed E-state index contributed by atoms with van der Waals surface area (Å²) in [6.07, 6.45) is -0.0286. The molecule has 74 valence electrons. The fourth-order valence-corrected chi connectivity index (χ4v) is 1.87. The molecular weight excluding hydrogens is 196 g/mol. The van der Waals surface area contributed by atoms with E-state index in [9.17, 15) is 4.79 Å². The molecule has 1 rings (SSSR count). The number of nitrogens with zero attached hydrogens (tertiary/aromatic N) is 2. The lowest BCUT2D eigenvalue weighted by molar-refractivity contribution is -0.130. The Hall–Kier alpha value is -1.34. The van der Waals surface area contributed by atoms with Crippen molar-refractivity contribution in [3.05, 3.63) is 22.4 Å². The maximum Gasteiger partial charge on any atom is 0.237 e. The summed E-state index contributed by atoms with van der Waals surface area (Å²) in [5, 5.41) is 10.4. The predicted octanol–water partition coefficient (Wildman–Crippen LogP) is 2.01. The van der Waals surface area contributed by atoms with Crippen molar-refractivity contribution in [2.24, 2.45) is 0 Å². The minimum Gasteiger partial charge on any atom is -0.337 e. The Bertz CT molecular complexity index is 326. The van der Waals surface area contributed by atoms with E-state index < -0.39 is 0 Å². The van der Waals surface area contributed by atoms with Crippen molar-refractivity contribution in [1.29, 1.82) is 5.26 Å². The molecule has 1 amide bonds. The van der Waals surface area contributed by atoms with E-state index in [1.807, 2.05) is 30.5 Å². The van der Waals surface area contributed by atoms with Crippen molar-refractivity contribution >= 4 is 17.2 Å². The van der Waals surface area contributed by atoms with Crippen molar-refractivity contribution < 1.29 is 4.79 Å². The van der Waals surface area contributed by atoms with Crippen LogP contribution in [0.4, 0.5) is 0 Å². The zero-order valence-corrected chi connectivity index (χ0v) is 8.88. The summed E-state index contributed by atoms with van der Waals surface area (Å²) >= 11 is 1.63. The number of carbonyl (C=O) groups excluding carboxylic acids is 1. The zero-order valence-electron chi connectivity index (χ0n) is 8.06. The van der Waals surface area contributed by atoms with Crippen LogP contribution >= 0.6 is 11.3 Å². The molecule has 0 spiro atoms. The van der Waals surface area contributed by atoms with E-state index in [0.29, 0.717) is 13.1 Å². The van der Waals surface area contributed by atoms with Crippen LogP contribution in [0.1, 0.15) is 18.2 Å². The molecule has 4 heteroatoms. The topological polar surface area (TPSA) is 44.1 Å². The summed E-state index contributed by atoms with van der Waals surface area (Å²) < 4.78 is 0. The van der Waals surface area contributed by atoms with E-state index in [2.05, 4.69) is 0 Å². The Morgan fingerprint density at radius 2 is 2.50 bits per heavy atom. The zero-order chi connectivity index (χ0) is 10.4. The molecule has 0 aliphatic heterocycles. The van der Waals surface area contributed by atoms with Crippen LogP contribution in [0.5, 0.6) is 0 Å². The van der Waals surface area contributed by atoms with Crippen LogP contribution in [0.3, 0.4) is 0 Å². The van der Waals surface area contributed by atoms with Crippen LogP contribution in [0, 0.1) is 11.3 Å². The molecule has 0 unspecified atom stereocenters. The second-order valence-electron chi connectivity index (χ2n) is 2.82. The van der Waals surface area contributed by atoms with Gasteiger partial charge in [-0.3, -0.25) is 4.79 Å². The lowest BCUT2D eigenvalue weighted by Gasteiger charge is -2.18. The molecule has 1 aromatic rings. The SMILES string of the molecule is CCN(Cc1cccs1)C(=O)CC#N. The number of rotatable bonds is 4. The van der Waals surface area contributed by atoms with E-state index in [4.69, 9.17) is 5.26 Å². The molecule has 0 fully saturated rings. The van der Waals surface area contributed by atoms with Gasteiger partial charge in [0.15, 0.2) is 0 Å². The van der Waals surface area contributed by atoms with Crippen molar-refractivity contribution in [3.8, 4) is 6.07 Å². The first-order valence-corrected chi connectivity index (χ1v) is 5.33. The van der Waals surface area contributed by atoms with E-state index >= 15 is 0 Å². The Morgan fingerprint density at radius 1 is 1.71 bits per heavy atom. The average molecular weight is 208 g/mol. The monoisotopic (exact) mass is 208 g/mol. The van der Waals surface area contributed by atoms with E-state index in [-0.39, 0.29) is 12.3 Å². The van der Waals surface area contributed by atoms with Gasteiger partial charge in [0, 0.05) is 11.4 Å². The largest absolute Gasteiger partial charge is 0.337 e. The van der Waals surface area contributed by atoms with Gasteiger partial charge in [0.05, 0.1) is 12.6 Å². The fraction of sp³-hybridized carbons (Fsp3) is 0.400. The van der Waals surface area contributed by atoms with Crippen molar-refractivity contribution in [1.82, 2.24) is 4.90 Å². The molecular formula is C10H12N2OS. The molecule has 0 aliphatic carbocycles. The van der Waals surface area contributed by atoms with Crippen LogP contribution in [0.15, 0.2) is 17.5 Å². The van der Waals surface area contributed by atoms with Gasteiger partial charge in [0.2, 0.25) is 5.91 Å². The maximum absolute atomic E-state index is 11.4. The van der Waals surface area contributed by atoms with Gasteiger partial charge in [-0.05, 0) is 18.4 Å². The van der Waals surface area contributed by atoms with Gasteiger partial charge >= 0.3 is 0 Å². The number of thiophene rings is 1. The number of nitriles is 1. The Morgan fingerprint density at radius 3 is 3.00 bits per heavy atom. The van der Waals surface area contributed by atoms with Crippen molar-refractivity contribution in [3.63, 3.8) is 0 Å². The van der Waals surface area contributed by atoms with Crippen molar-refractivity contribution in [2.75, 3.05) is 6.54 Å². The molecule has 0 saturated heterocycles. The number of amides is 1. The standard InChI is InChI=1S/C10H12N2OS/c1-2-12(10(13)5-6-11)8-9-4-3-7-14-9/h3-4,7H,2,5,8H2,1H3. The maximum atomic E-state index is 11.4. The van der Waals surface area contributed by atoms with Gasteiger partial charge < -0.3 is 4.90 Å². The molecule has 1 aromatic heterocycles. The lowest BCUT2D eigenvalue weighted by Crippen LogP contribution is -2.29. The van der Waals surface area contributed by atoms with Crippen LogP contribution in [-0.2, 0) is 11.3 Å². The summed E-state index contributed by atoms with van der Waals surface area (Å²) in [6.45, 7) is 3.19. The van der Waals surface area contributed by atoms with Crippen LogP contribution in [0.25, 0.3) is 0 Å². The van der Waals surface area contributed by atoms with E-state index in [1.54, 1.807) is 16.2 Å². The van der Waals surface area contributed by atoms with Gasteiger partial charge in [0.25, 0.3) is 0 Å². The van der Waals surface area contributed by atoms with Gasteiger partial charge in [-0.2, -0.15) is 5.26 Å². The van der Waals surface area contributed by atoms with Gasteiger partial charge in [-0.15, -0.1) is 11.3 Å². The highest BCUT2D eigenvalue weighted by atomic mass is 32.1. The summed E-state index contributed by atoms with van der Waals surface area (Å²) in [5.74, 6) is -0.0941. The number of hydrogen-bond donors (Lipinski definition) is 0. The number of carbonyl (C=O) groups is 1. The fourth-order valence-electron chi connectivity index (χ4n) is 1.15. The first-order valence-electron chi connectivity index (χ1n) is 4.45. The van der Waals surface area contributed by atoms with E-state index in [1.165, 1.54) is 0 Å². The van der Waals surface area contributed by atoms with Gasteiger partial charge in [-0.1, -0.05) is 6.07 Å². The van der Waals surface area contributed by atoms with E-state index in [0.717, 1.165) is 4.88 Å². The smallest absolute Gasteiger partial charge is 0.237 e. The molecule has 0 saturated carbocycles. The number of hydrogen-bond acceptors (Lipinski definition) is 3. The third-order valence-electron chi connectivity index (χ3n) is 1.89. The van der Waals surface area contributed by atoms with Crippen LogP contribution in [0.2, 0.25) is 0 Å². The normalized spacial score (nSPS) is 9.43. The minimum atomic E-state index is -0.0941. The van der Waals surface area contributed by atoms with Gasteiger partial charge in [0.1, 0.15) is 6.42 Å². The Kier molecular flexibility index (Phi) is 4.14. The predicted molar refractivity (Wildman–Crippen MR) is 55.6 cm³/mol. The highest BCUT2D eigenvalue weighted by Crippen LogP contribution is 2.12. The first kappa shape index (κ1) is 10.7. The van der Waals surface area contributed by atoms with Crippen LogP contribution in [-0.4, -0.2) is 17.4 Å². The quantitative estimate of drug-likeness (QED) is 0.759. The minimum absolute atomic E-state index is 0.0286. The summed E-state index contributed by atoms with van der Waals surface area (Å²) in [7, 11) is 0. The second-order valence-corrected chi connectivity index (χ2v) is 3.85. The molecule has 0 aliphatic rings. The highest BCUT2D eigenvalue weighted by molar-refractivity contribution is 7.09. The summed E-state index contributed by atoms with van der Waals surface area (Å²) in [5.41, 5.74) is 0. The summed E-state index contributed by atoms with van der Waals surface area (Å²) in [4.78, 5) is 14.2. The second kappa shape index (κ2) is 5.40. The lowest BCUT2D eigenvalue weighted by atomic mass is 10.3. The van der Waals surface area contributed by atoms with Gasteiger partial charge in [-0.25, -0.2) is 0 Å². The highest BCUT2D eigenvalue weighted by Gasteiger charge is 2.11. The molecule has 14 heavy (non-hydrogen) atoms. The molecule has 0 atom stereocenters. The molecule has 0 aromatic carbocycles. The third-order valence-corrected chi connectivity index (χ3v) is 2.75. The summed E-state index contributed by atoms with van der Waals surface area (Å²) in [6, 6.07) is 5.83.